The van der Waals surface area contributed by atoms with Crippen LogP contribution in [0.5, 0.6) is 5.75 Å². The Hall–Kier alpha value is -4.21. The highest BCUT2D eigenvalue weighted by Gasteiger charge is 2.36. The smallest absolute Gasteiger partial charge is 0.419 e. The number of ether oxygens (including phenoxy) is 3. The number of alkyl halides is 3. The van der Waals surface area contributed by atoms with Crippen LogP contribution in [0.2, 0.25) is 0 Å². The molecule has 1 aliphatic rings. The molecule has 0 spiro atoms. The summed E-state index contributed by atoms with van der Waals surface area (Å²) >= 11 is 0. The van der Waals surface area contributed by atoms with Crippen LogP contribution in [0, 0.1) is 0 Å². The van der Waals surface area contributed by atoms with Crippen molar-refractivity contribution >= 4 is 12.2 Å². The Bertz CT molecular complexity index is 1390. The molecule has 42 heavy (non-hydrogen) atoms. The maximum atomic E-state index is 13.9. The summed E-state index contributed by atoms with van der Waals surface area (Å²) in [6, 6.07) is 17.9. The number of fused-ring (bicyclic) bond motifs is 3. The van der Waals surface area contributed by atoms with Crippen molar-refractivity contribution in [1.29, 1.82) is 0 Å². The van der Waals surface area contributed by atoms with Gasteiger partial charge in [-0.05, 0) is 62.9 Å². The molecule has 0 fully saturated rings. The van der Waals surface area contributed by atoms with Gasteiger partial charge in [-0.3, -0.25) is 0 Å². The fourth-order valence-corrected chi connectivity index (χ4v) is 4.93. The predicted octanol–water partition coefficient (Wildman–Crippen LogP) is 7.60. The highest BCUT2D eigenvalue weighted by molar-refractivity contribution is 5.79. The van der Waals surface area contributed by atoms with Gasteiger partial charge in [-0.2, -0.15) is 13.2 Å². The van der Waals surface area contributed by atoms with Gasteiger partial charge in [0.05, 0.1) is 17.6 Å². The van der Waals surface area contributed by atoms with Crippen LogP contribution >= 0.6 is 0 Å². The van der Waals surface area contributed by atoms with Crippen LogP contribution in [0.25, 0.3) is 11.1 Å². The van der Waals surface area contributed by atoms with Crippen LogP contribution in [-0.4, -0.2) is 37.0 Å². The van der Waals surface area contributed by atoms with E-state index in [0.29, 0.717) is 0 Å². The molecule has 0 bridgehead atoms. The van der Waals surface area contributed by atoms with Gasteiger partial charge in [0.25, 0.3) is 0 Å². The molecule has 0 aromatic heterocycles. The second-order valence-corrected chi connectivity index (χ2v) is 11.3. The lowest BCUT2D eigenvalue weighted by atomic mass is 9.98. The standard InChI is InChI=1S/C32H35F3N2O5/c1-19(36-30(39)42-31(3,4)5)17-40-28-21(15-10-16-27(28)32(33,34)35)20(2)37-29(38)41-18-26-24-13-8-6-11-22(24)23-12-7-9-14-25(23)26/h6-16,19-20,26H,17-18H2,1-5H3,(H,36,39)(H,37,38)/t19-,20-/m1/s1. The molecule has 0 saturated heterocycles. The SMILES string of the molecule is C[C@H](COc1c([C@@H](C)NC(=O)OCC2c3ccccc3-c3ccccc32)cccc1C(F)(F)F)NC(=O)OC(C)(C)C. The zero-order valence-corrected chi connectivity index (χ0v) is 24.2. The third-order valence-electron chi connectivity index (χ3n) is 6.74. The van der Waals surface area contributed by atoms with Crippen LogP contribution in [0.3, 0.4) is 0 Å². The molecule has 0 aliphatic heterocycles. The summed E-state index contributed by atoms with van der Waals surface area (Å²) in [6.45, 7) is 8.02. The molecule has 4 rings (SSSR count). The van der Waals surface area contributed by atoms with E-state index < -0.39 is 47.4 Å². The molecular weight excluding hydrogens is 549 g/mol. The zero-order valence-electron chi connectivity index (χ0n) is 24.2. The van der Waals surface area contributed by atoms with Crippen molar-refractivity contribution in [3.05, 3.63) is 89.0 Å². The monoisotopic (exact) mass is 584 g/mol. The zero-order chi connectivity index (χ0) is 30.7. The first-order valence-corrected chi connectivity index (χ1v) is 13.7. The molecule has 0 heterocycles. The molecule has 7 nitrogen and oxygen atoms in total. The minimum Gasteiger partial charge on any atom is -0.490 e. The van der Waals surface area contributed by atoms with Gasteiger partial charge >= 0.3 is 18.4 Å². The van der Waals surface area contributed by atoms with Crippen molar-refractivity contribution in [2.24, 2.45) is 0 Å². The summed E-state index contributed by atoms with van der Waals surface area (Å²) < 4.78 is 58.2. The van der Waals surface area contributed by atoms with Crippen molar-refractivity contribution in [2.45, 2.75) is 64.4 Å². The Balaban J connectivity index is 1.45. The molecule has 224 valence electrons. The normalized spacial score (nSPS) is 14.3. The van der Waals surface area contributed by atoms with Crippen molar-refractivity contribution in [1.82, 2.24) is 10.6 Å². The maximum Gasteiger partial charge on any atom is 0.419 e. The third kappa shape index (κ3) is 7.35. The van der Waals surface area contributed by atoms with E-state index in [-0.39, 0.29) is 24.7 Å². The summed E-state index contributed by atoms with van der Waals surface area (Å²) in [7, 11) is 0. The van der Waals surface area contributed by atoms with Gasteiger partial charge in [0.1, 0.15) is 24.6 Å². The molecule has 2 atom stereocenters. The van der Waals surface area contributed by atoms with Gasteiger partial charge in [0.2, 0.25) is 0 Å². The third-order valence-corrected chi connectivity index (χ3v) is 6.74. The van der Waals surface area contributed by atoms with Gasteiger partial charge in [0.15, 0.2) is 0 Å². The maximum absolute atomic E-state index is 13.9. The first kappa shape index (κ1) is 30.7. The molecule has 2 N–H and O–H groups in total. The van der Waals surface area contributed by atoms with Gasteiger partial charge in [-0.25, -0.2) is 9.59 Å². The number of alkyl carbamates (subject to hydrolysis) is 2. The number of carbonyl (C=O) groups excluding carboxylic acids is 2. The minimum absolute atomic E-state index is 0.0619. The lowest BCUT2D eigenvalue weighted by molar-refractivity contribution is -0.139. The number of para-hydroxylation sites is 1. The van der Waals surface area contributed by atoms with Gasteiger partial charge < -0.3 is 24.8 Å². The molecule has 0 unspecified atom stereocenters. The van der Waals surface area contributed by atoms with Crippen LogP contribution < -0.4 is 15.4 Å². The topological polar surface area (TPSA) is 85.9 Å². The van der Waals surface area contributed by atoms with Crippen LogP contribution in [-0.2, 0) is 15.7 Å². The second-order valence-electron chi connectivity index (χ2n) is 11.3. The fourth-order valence-electron chi connectivity index (χ4n) is 4.93. The van der Waals surface area contributed by atoms with E-state index in [2.05, 4.69) is 10.6 Å². The molecule has 0 saturated carbocycles. The Morgan fingerprint density at radius 2 is 1.43 bits per heavy atom. The number of hydrogen-bond acceptors (Lipinski definition) is 5. The highest BCUT2D eigenvalue weighted by Crippen LogP contribution is 2.44. The Kier molecular flexibility index (Phi) is 9.03. The first-order chi connectivity index (χ1) is 19.7. The number of rotatable bonds is 8. The van der Waals surface area contributed by atoms with E-state index in [0.717, 1.165) is 28.3 Å². The number of hydrogen-bond donors (Lipinski definition) is 2. The molecule has 1 aliphatic carbocycles. The minimum atomic E-state index is -4.71. The fraction of sp³-hybridized carbons (Fsp3) is 0.375. The van der Waals surface area contributed by atoms with Crippen molar-refractivity contribution in [3.63, 3.8) is 0 Å². The molecule has 3 aromatic rings. The summed E-state index contributed by atoms with van der Waals surface area (Å²) in [5, 5.41) is 5.18. The van der Waals surface area contributed by atoms with Crippen LogP contribution in [0.1, 0.15) is 68.8 Å². The number of nitrogens with one attached hydrogen (secondary N) is 2. The molecule has 10 heteroatoms. The first-order valence-electron chi connectivity index (χ1n) is 13.7. The number of benzene rings is 3. The van der Waals surface area contributed by atoms with E-state index in [4.69, 9.17) is 14.2 Å². The molecule has 2 amide bonds. The number of amides is 2. The Labute approximate surface area is 243 Å². The van der Waals surface area contributed by atoms with Gasteiger partial charge in [0, 0.05) is 11.5 Å². The van der Waals surface area contributed by atoms with E-state index in [1.54, 1.807) is 34.6 Å². The van der Waals surface area contributed by atoms with Crippen molar-refractivity contribution in [2.75, 3.05) is 13.2 Å². The largest absolute Gasteiger partial charge is 0.490 e. The summed E-state index contributed by atoms with van der Waals surface area (Å²) in [5.74, 6) is -0.598. The second kappa shape index (κ2) is 12.3. The van der Waals surface area contributed by atoms with E-state index in [9.17, 15) is 22.8 Å². The molecule has 3 aromatic carbocycles. The molecular formula is C32H35F3N2O5. The quantitative estimate of drug-likeness (QED) is 0.285. The van der Waals surface area contributed by atoms with Crippen molar-refractivity contribution in [3.8, 4) is 16.9 Å². The average Bonchev–Trinajstić information content (AvgIpc) is 3.22. The summed E-state index contributed by atoms with van der Waals surface area (Å²) in [5.41, 5.74) is 2.63. The van der Waals surface area contributed by atoms with Gasteiger partial charge in [-0.1, -0.05) is 60.7 Å². The van der Waals surface area contributed by atoms with Crippen LogP contribution in [0.4, 0.5) is 22.8 Å². The Morgan fingerprint density at radius 3 is 2.00 bits per heavy atom. The molecule has 0 radical (unpaired) electrons. The number of halogens is 3. The van der Waals surface area contributed by atoms with E-state index >= 15 is 0 Å². The predicted molar refractivity (Wildman–Crippen MR) is 152 cm³/mol. The van der Waals surface area contributed by atoms with Crippen LogP contribution in [0.15, 0.2) is 66.7 Å². The number of carbonyl (C=O) groups is 2. The lowest BCUT2D eigenvalue weighted by Crippen LogP contribution is -2.40. The summed E-state index contributed by atoms with van der Waals surface area (Å²) in [4.78, 5) is 24.9. The lowest BCUT2D eigenvalue weighted by Gasteiger charge is -2.24. The van der Waals surface area contributed by atoms with E-state index in [1.165, 1.54) is 12.1 Å². The highest BCUT2D eigenvalue weighted by atomic mass is 19.4. The average molecular weight is 585 g/mol. The van der Waals surface area contributed by atoms with Crippen molar-refractivity contribution < 1.29 is 37.0 Å². The summed E-state index contributed by atoms with van der Waals surface area (Å²) in [6.07, 6.45) is -6.20. The Morgan fingerprint density at radius 1 is 0.833 bits per heavy atom. The van der Waals surface area contributed by atoms with E-state index in [1.807, 2.05) is 48.5 Å². The van der Waals surface area contributed by atoms with Gasteiger partial charge in [-0.15, -0.1) is 0 Å².